The van der Waals surface area contributed by atoms with Crippen LogP contribution in [0.2, 0.25) is 0 Å². The maximum atomic E-state index is 13.8. The number of halogens is 3. The van der Waals surface area contributed by atoms with Crippen LogP contribution < -0.4 is 4.74 Å². The first-order valence-electron chi connectivity index (χ1n) is 6.11. The minimum atomic E-state index is -3.09. The van der Waals surface area contributed by atoms with Crippen molar-refractivity contribution in [3.05, 3.63) is 35.2 Å². The number of esters is 2. The van der Waals surface area contributed by atoms with Gasteiger partial charge in [0, 0.05) is 25.5 Å². The van der Waals surface area contributed by atoms with Crippen molar-refractivity contribution in [1.29, 1.82) is 0 Å². The molecule has 0 saturated carbocycles. The van der Waals surface area contributed by atoms with Crippen molar-refractivity contribution in [3.8, 4) is 5.75 Å². The first-order chi connectivity index (χ1) is 10.2. The number of carbonyl (C=O) groups excluding carboxylic acids is 2. The molecule has 1 heterocycles. The molecule has 1 aliphatic heterocycles. The Balaban J connectivity index is 2.29. The van der Waals surface area contributed by atoms with Crippen LogP contribution in [0.4, 0.5) is 13.2 Å². The monoisotopic (exact) mass is 316 g/mol. The van der Waals surface area contributed by atoms with Gasteiger partial charge in [0.1, 0.15) is 17.1 Å². The minimum Gasteiger partial charge on any atom is -0.435 e. The van der Waals surface area contributed by atoms with Gasteiger partial charge in [-0.05, 0) is 18.2 Å². The molecule has 0 N–H and O–H groups in total. The summed E-state index contributed by atoms with van der Waals surface area (Å²) >= 11 is 0. The van der Waals surface area contributed by atoms with E-state index in [-0.39, 0.29) is 11.3 Å². The van der Waals surface area contributed by atoms with E-state index < -0.39 is 35.7 Å². The Morgan fingerprint density at radius 1 is 1.18 bits per heavy atom. The van der Waals surface area contributed by atoms with Crippen LogP contribution in [0.3, 0.4) is 0 Å². The highest BCUT2D eigenvalue weighted by Crippen LogP contribution is 2.26. The smallest absolute Gasteiger partial charge is 0.387 e. The van der Waals surface area contributed by atoms with Crippen molar-refractivity contribution in [1.82, 2.24) is 0 Å². The lowest BCUT2D eigenvalue weighted by atomic mass is 10.1. The van der Waals surface area contributed by atoms with Crippen molar-refractivity contribution in [2.45, 2.75) is 26.2 Å². The van der Waals surface area contributed by atoms with Gasteiger partial charge in [-0.2, -0.15) is 8.78 Å². The molecule has 0 spiro atoms. The molecule has 2 rings (SSSR count). The van der Waals surface area contributed by atoms with Crippen molar-refractivity contribution in [2.75, 3.05) is 0 Å². The Morgan fingerprint density at radius 2 is 1.77 bits per heavy atom. The molecule has 0 atom stereocenters. The summed E-state index contributed by atoms with van der Waals surface area (Å²) in [7, 11) is 0. The summed E-state index contributed by atoms with van der Waals surface area (Å²) in [5.74, 6) is -4.67. The maximum Gasteiger partial charge on any atom is 0.387 e. The SMILES string of the molecule is CC1(C)OC(=O)C(=Cc2ccc(OC(F)F)cc2F)C(=O)O1. The first kappa shape index (κ1) is 15.9. The Morgan fingerprint density at radius 3 is 2.27 bits per heavy atom. The van der Waals surface area contributed by atoms with E-state index in [1.165, 1.54) is 13.8 Å². The molecule has 0 unspecified atom stereocenters. The van der Waals surface area contributed by atoms with Gasteiger partial charge in [0.2, 0.25) is 0 Å². The summed E-state index contributed by atoms with van der Waals surface area (Å²) in [5.41, 5.74) is -0.675. The van der Waals surface area contributed by atoms with E-state index in [1.807, 2.05) is 0 Å². The number of rotatable bonds is 3. The molecule has 1 saturated heterocycles. The van der Waals surface area contributed by atoms with E-state index in [9.17, 15) is 22.8 Å². The summed E-state index contributed by atoms with van der Waals surface area (Å²) in [5, 5.41) is 0. The van der Waals surface area contributed by atoms with Crippen molar-refractivity contribution in [2.24, 2.45) is 0 Å². The van der Waals surface area contributed by atoms with Gasteiger partial charge in [-0.3, -0.25) is 0 Å². The van der Waals surface area contributed by atoms with Crippen molar-refractivity contribution in [3.63, 3.8) is 0 Å². The van der Waals surface area contributed by atoms with Gasteiger partial charge in [0.15, 0.2) is 0 Å². The van der Waals surface area contributed by atoms with E-state index in [0.29, 0.717) is 6.07 Å². The van der Waals surface area contributed by atoms with E-state index >= 15 is 0 Å². The number of carbonyl (C=O) groups is 2. The van der Waals surface area contributed by atoms with Gasteiger partial charge in [0.05, 0.1) is 0 Å². The zero-order valence-electron chi connectivity index (χ0n) is 11.6. The number of hydrogen-bond donors (Lipinski definition) is 0. The molecular formula is C14H11F3O5. The fourth-order valence-corrected chi connectivity index (χ4v) is 1.74. The van der Waals surface area contributed by atoms with Crippen molar-refractivity contribution < 1.29 is 37.0 Å². The highest BCUT2D eigenvalue weighted by atomic mass is 19.3. The molecule has 1 aliphatic rings. The zero-order valence-corrected chi connectivity index (χ0v) is 11.6. The molecule has 1 fully saturated rings. The summed E-state index contributed by atoms with van der Waals surface area (Å²) in [6, 6.07) is 2.87. The highest BCUT2D eigenvalue weighted by molar-refractivity contribution is 6.18. The van der Waals surface area contributed by atoms with Gasteiger partial charge in [-0.15, -0.1) is 0 Å². The molecular weight excluding hydrogens is 305 g/mol. The minimum absolute atomic E-state index is 0.176. The predicted octanol–water partition coefficient (Wildman–Crippen LogP) is 2.65. The van der Waals surface area contributed by atoms with Crippen LogP contribution in [0.5, 0.6) is 5.75 Å². The van der Waals surface area contributed by atoms with Crippen LogP contribution in [0.1, 0.15) is 19.4 Å². The highest BCUT2D eigenvalue weighted by Gasteiger charge is 2.38. The predicted molar refractivity (Wildman–Crippen MR) is 67.3 cm³/mol. The van der Waals surface area contributed by atoms with E-state index in [4.69, 9.17) is 9.47 Å². The maximum absolute atomic E-state index is 13.8. The number of hydrogen-bond acceptors (Lipinski definition) is 5. The summed E-state index contributed by atoms with van der Waals surface area (Å²) in [6.07, 6.45) is 0.918. The number of ether oxygens (including phenoxy) is 3. The third kappa shape index (κ3) is 3.57. The second-order valence-corrected chi connectivity index (χ2v) is 4.80. The second kappa shape index (κ2) is 5.70. The first-order valence-corrected chi connectivity index (χ1v) is 6.11. The summed E-state index contributed by atoms with van der Waals surface area (Å²) < 4.78 is 51.6. The molecule has 118 valence electrons. The third-order valence-electron chi connectivity index (χ3n) is 2.61. The summed E-state index contributed by atoms with van der Waals surface area (Å²) in [4.78, 5) is 23.4. The van der Waals surface area contributed by atoms with E-state index in [2.05, 4.69) is 4.74 Å². The molecule has 5 nitrogen and oxygen atoms in total. The lowest BCUT2D eigenvalue weighted by Crippen LogP contribution is -2.41. The fraction of sp³-hybridized carbons (Fsp3) is 0.286. The van der Waals surface area contributed by atoms with Gasteiger partial charge in [-0.25, -0.2) is 14.0 Å². The normalized spacial score (nSPS) is 17.1. The van der Waals surface area contributed by atoms with Crippen molar-refractivity contribution >= 4 is 18.0 Å². The zero-order chi connectivity index (χ0) is 16.5. The Kier molecular flexibility index (Phi) is 4.11. The van der Waals surface area contributed by atoms with Gasteiger partial charge in [0.25, 0.3) is 5.79 Å². The Hall–Kier alpha value is -2.51. The van der Waals surface area contributed by atoms with Gasteiger partial charge >= 0.3 is 18.6 Å². The third-order valence-corrected chi connectivity index (χ3v) is 2.61. The molecule has 8 heteroatoms. The van der Waals surface area contributed by atoms with Crippen LogP contribution in [0.25, 0.3) is 6.08 Å². The molecule has 1 aromatic carbocycles. The van der Waals surface area contributed by atoms with E-state index in [1.54, 1.807) is 0 Å². The lowest BCUT2D eigenvalue weighted by molar-refractivity contribution is -0.222. The van der Waals surface area contributed by atoms with Crippen LogP contribution in [0, 0.1) is 5.82 Å². The fourth-order valence-electron chi connectivity index (χ4n) is 1.74. The van der Waals surface area contributed by atoms with Crippen LogP contribution in [-0.4, -0.2) is 24.3 Å². The van der Waals surface area contributed by atoms with Gasteiger partial charge in [-0.1, -0.05) is 0 Å². The van der Waals surface area contributed by atoms with Crippen LogP contribution >= 0.6 is 0 Å². The molecule has 0 amide bonds. The Labute approximate surface area is 123 Å². The topological polar surface area (TPSA) is 61.8 Å². The average molecular weight is 316 g/mol. The quantitative estimate of drug-likeness (QED) is 0.487. The number of alkyl halides is 2. The molecule has 1 aromatic rings. The molecule has 0 bridgehead atoms. The molecule has 0 aliphatic carbocycles. The largest absolute Gasteiger partial charge is 0.435 e. The van der Waals surface area contributed by atoms with Crippen LogP contribution in [-0.2, 0) is 19.1 Å². The average Bonchev–Trinajstić information content (AvgIpc) is 2.33. The number of cyclic esters (lactones) is 2. The molecule has 0 aromatic heterocycles. The van der Waals surface area contributed by atoms with Gasteiger partial charge < -0.3 is 14.2 Å². The standard InChI is InChI=1S/C14H11F3O5/c1-14(2)21-11(18)9(12(19)22-14)5-7-3-4-8(6-10(7)15)20-13(16)17/h3-6,13H,1-2H3. The summed E-state index contributed by atoms with van der Waals surface area (Å²) in [6.45, 7) is -0.345. The molecule has 22 heavy (non-hydrogen) atoms. The van der Waals surface area contributed by atoms with E-state index in [0.717, 1.165) is 18.2 Å². The second-order valence-electron chi connectivity index (χ2n) is 4.80. The molecule has 0 radical (unpaired) electrons. The number of benzene rings is 1. The van der Waals surface area contributed by atoms with Crippen LogP contribution in [0.15, 0.2) is 23.8 Å². The Bertz CT molecular complexity index is 630. The lowest BCUT2D eigenvalue weighted by Gasteiger charge is -2.29.